The lowest BCUT2D eigenvalue weighted by Crippen LogP contribution is -1.84. The summed E-state index contributed by atoms with van der Waals surface area (Å²) in [7, 11) is 0. The Hall–Kier alpha value is -1.72. The molecule has 0 radical (unpaired) electrons. The zero-order valence-electron chi connectivity index (χ0n) is 8.83. The highest BCUT2D eigenvalue weighted by atomic mass is 32.1. The van der Waals surface area contributed by atoms with E-state index >= 15 is 0 Å². The molecule has 0 fully saturated rings. The first kappa shape index (κ1) is 10.4. The fourth-order valence-corrected chi connectivity index (χ4v) is 3.32. The molecule has 0 saturated carbocycles. The summed E-state index contributed by atoms with van der Waals surface area (Å²) >= 11 is 3.21. The number of pyridine rings is 1. The zero-order valence-corrected chi connectivity index (χ0v) is 10.5. The van der Waals surface area contributed by atoms with Gasteiger partial charge in [-0.15, -0.1) is 11.3 Å². The van der Waals surface area contributed by atoms with E-state index in [1.54, 1.807) is 17.5 Å². The summed E-state index contributed by atoms with van der Waals surface area (Å²) in [6, 6.07) is 8.02. The Balaban J connectivity index is 2.18. The van der Waals surface area contributed by atoms with Gasteiger partial charge in [-0.05, 0) is 23.6 Å². The highest BCUT2D eigenvalue weighted by molar-refractivity contribution is 7.23. The highest BCUT2D eigenvalue weighted by Gasteiger charge is 2.14. The van der Waals surface area contributed by atoms with Gasteiger partial charge in [0.05, 0.1) is 10.6 Å². The molecule has 0 bridgehead atoms. The van der Waals surface area contributed by atoms with Crippen LogP contribution in [0.5, 0.6) is 0 Å². The normalized spacial score (nSPS) is 10.6. The van der Waals surface area contributed by atoms with Crippen LogP contribution in [0.3, 0.4) is 0 Å². The minimum Gasteiger partial charge on any atom is -0.375 e. The highest BCUT2D eigenvalue weighted by Crippen LogP contribution is 2.39. The lowest BCUT2D eigenvalue weighted by Gasteiger charge is -1.98. The van der Waals surface area contributed by atoms with Crippen molar-refractivity contribution in [3.8, 4) is 21.0 Å². The van der Waals surface area contributed by atoms with Gasteiger partial charge < -0.3 is 5.73 Å². The fourth-order valence-electron chi connectivity index (χ4n) is 1.61. The van der Waals surface area contributed by atoms with Gasteiger partial charge in [-0.2, -0.15) is 0 Å². The molecular weight excluding hydrogens is 250 g/mol. The first-order valence-electron chi connectivity index (χ1n) is 5.05. The number of nitrogens with zero attached hydrogens (tertiary/aromatic N) is 2. The number of nitrogens with two attached hydrogens (primary N) is 1. The number of aromatic nitrogens is 2. The summed E-state index contributed by atoms with van der Waals surface area (Å²) in [6.07, 6.45) is 3.57. The Morgan fingerprint density at radius 3 is 2.82 bits per heavy atom. The number of nitrogen functional groups attached to an aromatic ring is 1. The Morgan fingerprint density at radius 1 is 1.18 bits per heavy atom. The van der Waals surface area contributed by atoms with Crippen LogP contribution in [0, 0.1) is 0 Å². The maximum Gasteiger partial charge on any atom is 0.181 e. The van der Waals surface area contributed by atoms with E-state index in [0.717, 1.165) is 16.1 Å². The number of thiophene rings is 1. The standard InChI is InChI=1S/C12H9N3S2/c13-12-15-10(8-3-1-5-14-7-8)11(17-12)9-4-2-6-16-9/h1-7H,(H2,13,15). The van der Waals surface area contributed by atoms with Gasteiger partial charge in [-0.3, -0.25) is 4.98 Å². The monoisotopic (exact) mass is 259 g/mol. The summed E-state index contributed by atoms with van der Waals surface area (Å²) in [4.78, 5) is 10.8. The van der Waals surface area contributed by atoms with Gasteiger partial charge in [0.25, 0.3) is 0 Å². The van der Waals surface area contributed by atoms with Crippen LogP contribution in [-0.4, -0.2) is 9.97 Å². The van der Waals surface area contributed by atoms with Crippen LogP contribution in [0.4, 0.5) is 5.13 Å². The maximum atomic E-state index is 5.81. The molecule has 0 saturated heterocycles. The number of hydrogen-bond donors (Lipinski definition) is 1. The first-order valence-corrected chi connectivity index (χ1v) is 6.75. The lowest BCUT2D eigenvalue weighted by atomic mass is 10.2. The molecule has 0 spiro atoms. The molecule has 84 valence electrons. The number of anilines is 1. The average molecular weight is 259 g/mol. The Kier molecular flexibility index (Phi) is 2.62. The molecule has 3 nitrogen and oxygen atoms in total. The summed E-state index contributed by atoms with van der Waals surface area (Å²) in [6.45, 7) is 0. The predicted octanol–water partition coefficient (Wildman–Crippen LogP) is 3.52. The van der Waals surface area contributed by atoms with Crippen molar-refractivity contribution in [2.45, 2.75) is 0 Å². The van der Waals surface area contributed by atoms with Crippen LogP contribution < -0.4 is 5.73 Å². The van der Waals surface area contributed by atoms with Crippen LogP contribution in [-0.2, 0) is 0 Å². The van der Waals surface area contributed by atoms with Gasteiger partial charge in [0.1, 0.15) is 0 Å². The number of thiazole rings is 1. The summed E-state index contributed by atoms with van der Waals surface area (Å²) in [5.74, 6) is 0. The average Bonchev–Trinajstić information content (AvgIpc) is 2.98. The van der Waals surface area contributed by atoms with Crippen molar-refractivity contribution in [1.82, 2.24) is 9.97 Å². The van der Waals surface area contributed by atoms with E-state index in [1.165, 1.54) is 16.2 Å². The second-order valence-corrected chi connectivity index (χ2v) is 5.43. The van der Waals surface area contributed by atoms with E-state index in [0.29, 0.717) is 5.13 Å². The molecule has 3 heterocycles. The summed E-state index contributed by atoms with van der Waals surface area (Å²) in [5.41, 5.74) is 7.74. The fraction of sp³-hybridized carbons (Fsp3) is 0. The zero-order chi connectivity index (χ0) is 11.7. The molecule has 2 N–H and O–H groups in total. The SMILES string of the molecule is Nc1nc(-c2cccnc2)c(-c2cccs2)s1. The van der Waals surface area contributed by atoms with Gasteiger partial charge in [0.15, 0.2) is 5.13 Å². The van der Waals surface area contributed by atoms with E-state index in [9.17, 15) is 0 Å². The molecule has 3 rings (SSSR count). The molecule has 0 unspecified atom stereocenters. The third-order valence-corrected chi connectivity index (χ3v) is 4.26. The maximum absolute atomic E-state index is 5.81. The molecule has 0 aromatic carbocycles. The van der Waals surface area contributed by atoms with Crippen molar-refractivity contribution in [3.63, 3.8) is 0 Å². The third-order valence-electron chi connectivity index (χ3n) is 2.32. The Labute approximate surface area is 107 Å². The van der Waals surface area contributed by atoms with Gasteiger partial charge in [0.2, 0.25) is 0 Å². The van der Waals surface area contributed by atoms with Crippen LogP contribution in [0.2, 0.25) is 0 Å². The van der Waals surface area contributed by atoms with E-state index in [1.807, 2.05) is 24.4 Å². The van der Waals surface area contributed by atoms with Crippen LogP contribution >= 0.6 is 22.7 Å². The Bertz CT molecular complexity index is 615. The molecule has 0 aliphatic heterocycles. The van der Waals surface area contributed by atoms with Crippen LogP contribution in [0.25, 0.3) is 21.0 Å². The minimum atomic E-state index is 0.590. The molecule has 0 aliphatic rings. The number of rotatable bonds is 2. The van der Waals surface area contributed by atoms with E-state index in [2.05, 4.69) is 21.4 Å². The van der Waals surface area contributed by atoms with Crippen LogP contribution in [0.1, 0.15) is 0 Å². The molecule has 0 atom stereocenters. The van der Waals surface area contributed by atoms with Gasteiger partial charge >= 0.3 is 0 Å². The van der Waals surface area contributed by atoms with E-state index in [4.69, 9.17) is 5.73 Å². The van der Waals surface area contributed by atoms with Crippen molar-refractivity contribution in [2.24, 2.45) is 0 Å². The topological polar surface area (TPSA) is 51.8 Å². The van der Waals surface area contributed by atoms with E-state index < -0.39 is 0 Å². The molecule has 3 aromatic rings. The molecular formula is C12H9N3S2. The first-order chi connectivity index (χ1) is 8.34. The van der Waals surface area contributed by atoms with Crippen molar-refractivity contribution in [3.05, 3.63) is 42.0 Å². The lowest BCUT2D eigenvalue weighted by molar-refractivity contribution is 1.31. The van der Waals surface area contributed by atoms with Crippen molar-refractivity contribution in [2.75, 3.05) is 5.73 Å². The van der Waals surface area contributed by atoms with Crippen molar-refractivity contribution >= 4 is 27.8 Å². The Morgan fingerprint density at radius 2 is 2.12 bits per heavy atom. The number of hydrogen-bond acceptors (Lipinski definition) is 5. The summed E-state index contributed by atoms with van der Waals surface area (Å²) < 4.78 is 0. The molecule has 5 heteroatoms. The molecule has 3 aromatic heterocycles. The smallest absolute Gasteiger partial charge is 0.181 e. The quantitative estimate of drug-likeness (QED) is 0.766. The third kappa shape index (κ3) is 1.94. The van der Waals surface area contributed by atoms with Gasteiger partial charge in [-0.25, -0.2) is 4.98 Å². The second kappa shape index (κ2) is 4.27. The molecule has 0 aliphatic carbocycles. The van der Waals surface area contributed by atoms with Gasteiger partial charge in [0, 0.05) is 22.8 Å². The van der Waals surface area contributed by atoms with Crippen LogP contribution in [0.15, 0.2) is 42.0 Å². The minimum absolute atomic E-state index is 0.590. The van der Waals surface area contributed by atoms with Crippen molar-refractivity contribution in [1.29, 1.82) is 0 Å². The van der Waals surface area contributed by atoms with Gasteiger partial charge in [-0.1, -0.05) is 17.4 Å². The summed E-state index contributed by atoms with van der Waals surface area (Å²) in [5, 5.41) is 2.64. The van der Waals surface area contributed by atoms with E-state index in [-0.39, 0.29) is 0 Å². The predicted molar refractivity (Wildman–Crippen MR) is 73.1 cm³/mol. The van der Waals surface area contributed by atoms with Crippen molar-refractivity contribution < 1.29 is 0 Å². The largest absolute Gasteiger partial charge is 0.375 e. The molecule has 17 heavy (non-hydrogen) atoms. The second-order valence-electron chi connectivity index (χ2n) is 3.45. The molecule has 0 amide bonds.